The van der Waals surface area contributed by atoms with Crippen LogP contribution in [0.1, 0.15) is 31.2 Å². The van der Waals surface area contributed by atoms with Crippen molar-refractivity contribution in [1.29, 1.82) is 0 Å². The van der Waals surface area contributed by atoms with Crippen molar-refractivity contribution in [3.8, 4) is 22.5 Å². The van der Waals surface area contributed by atoms with Gasteiger partial charge in [-0.05, 0) is 36.6 Å². The summed E-state index contributed by atoms with van der Waals surface area (Å²) >= 11 is 0. The number of pyridine rings is 2. The maximum Gasteiger partial charge on any atom is 0.137 e. The van der Waals surface area contributed by atoms with E-state index in [9.17, 15) is 5.11 Å². The summed E-state index contributed by atoms with van der Waals surface area (Å²) < 4.78 is 9.48. The first-order chi connectivity index (χ1) is 17.8. The van der Waals surface area contributed by atoms with Crippen LogP contribution >= 0.6 is 0 Å². The number of imidazole rings is 1. The largest absolute Gasteiger partial charge is 0.392 e. The Kier molecular flexibility index (Phi) is 6.67. The second-order valence-electron chi connectivity index (χ2n) is 9.72. The van der Waals surface area contributed by atoms with Gasteiger partial charge in [0.2, 0.25) is 0 Å². The van der Waals surface area contributed by atoms with Crippen LogP contribution in [0.2, 0.25) is 0 Å². The van der Waals surface area contributed by atoms with E-state index in [2.05, 4.69) is 30.9 Å². The van der Waals surface area contributed by atoms with Gasteiger partial charge >= 0.3 is 0 Å². The summed E-state index contributed by atoms with van der Waals surface area (Å²) in [5.41, 5.74) is 5.33. The van der Waals surface area contributed by atoms with Gasteiger partial charge in [0.15, 0.2) is 0 Å². The molecule has 4 aromatic heterocycles. The Hall–Kier alpha value is -3.27. The molecular formula is C27H33N7O2. The summed E-state index contributed by atoms with van der Waals surface area (Å²) in [7, 11) is 0. The van der Waals surface area contributed by atoms with E-state index in [1.165, 1.54) is 25.7 Å². The zero-order chi connectivity index (χ0) is 24.3. The normalized spacial score (nSPS) is 17.2. The molecule has 4 aromatic rings. The highest BCUT2D eigenvalue weighted by atomic mass is 16.5. The third-order valence-electron chi connectivity index (χ3n) is 7.32. The molecule has 1 aliphatic heterocycles. The lowest BCUT2D eigenvalue weighted by molar-refractivity contribution is 0.0360. The monoisotopic (exact) mass is 487 g/mol. The average Bonchev–Trinajstić information content (AvgIpc) is 3.68. The van der Waals surface area contributed by atoms with Crippen molar-refractivity contribution in [1.82, 2.24) is 29.0 Å². The minimum Gasteiger partial charge on any atom is -0.392 e. The van der Waals surface area contributed by atoms with Gasteiger partial charge < -0.3 is 15.2 Å². The number of nitrogens with zero attached hydrogens (tertiary/aromatic N) is 6. The van der Waals surface area contributed by atoms with E-state index >= 15 is 0 Å². The van der Waals surface area contributed by atoms with E-state index < -0.39 is 0 Å². The lowest BCUT2D eigenvalue weighted by atomic mass is 10.1. The lowest BCUT2D eigenvalue weighted by Gasteiger charge is -2.26. The molecule has 36 heavy (non-hydrogen) atoms. The summed E-state index contributed by atoms with van der Waals surface area (Å²) in [4.78, 5) is 11.9. The van der Waals surface area contributed by atoms with Crippen LogP contribution in [0.25, 0.3) is 28.2 Å². The summed E-state index contributed by atoms with van der Waals surface area (Å²) in [6, 6.07) is 8.55. The number of anilines is 1. The maximum atomic E-state index is 10.1. The fourth-order valence-electron chi connectivity index (χ4n) is 5.27. The van der Waals surface area contributed by atoms with Crippen LogP contribution < -0.4 is 5.32 Å². The number of hydrogen-bond acceptors (Lipinski definition) is 7. The molecule has 0 radical (unpaired) electrons. The molecule has 0 bridgehead atoms. The number of aliphatic hydroxyl groups excluding tert-OH is 1. The number of rotatable bonds is 8. The zero-order valence-electron chi connectivity index (χ0n) is 20.5. The topological polar surface area (TPSA) is 92.7 Å². The Morgan fingerprint density at radius 1 is 1.06 bits per heavy atom. The highest BCUT2D eigenvalue weighted by Gasteiger charge is 2.17. The van der Waals surface area contributed by atoms with E-state index in [1.807, 2.05) is 47.5 Å². The molecule has 2 fully saturated rings. The Balaban J connectivity index is 1.27. The third kappa shape index (κ3) is 4.86. The molecular weight excluding hydrogens is 454 g/mol. The van der Waals surface area contributed by atoms with E-state index in [0.717, 1.165) is 78.9 Å². The van der Waals surface area contributed by atoms with Crippen LogP contribution in [-0.2, 0) is 17.9 Å². The van der Waals surface area contributed by atoms with E-state index in [0.29, 0.717) is 6.04 Å². The highest BCUT2D eigenvalue weighted by Crippen LogP contribution is 2.29. The highest BCUT2D eigenvalue weighted by molar-refractivity contribution is 5.71. The predicted octanol–water partition coefficient (Wildman–Crippen LogP) is 3.44. The summed E-state index contributed by atoms with van der Waals surface area (Å²) in [5.74, 6) is 0.906. The number of ether oxygens (including phenoxy) is 1. The molecule has 9 heteroatoms. The van der Waals surface area contributed by atoms with Crippen LogP contribution in [0.4, 0.5) is 5.82 Å². The molecule has 0 aromatic carbocycles. The van der Waals surface area contributed by atoms with Gasteiger partial charge in [-0.3, -0.25) is 14.0 Å². The Morgan fingerprint density at radius 3 is 2.75 bits per heavy atom. The lowest BCUT2D eigenvalue weighted by Crippen LogP contribution is -2.38. The summed E-state index contributed by atoms with van der Waals surface area (Å²) in [6.07, 6.45) is 12.8. The average molecular weight is 488 g/mol. The fraction of sp³-hybridized carbons (Fsp3) is 0.444. The van der Waals surface area contributed by atoms with Gasteiger partial charge in [0.05, 0.1) is 50.1 Å². The van der Waals surface area contributed by atoms with Gasteiger partial charge in [-0.15, -0.1) is 0 Å². The standard InChI is InChI=1S/C27H33N7O2/c35-19-20-14-27-28-16-25(24-6-3-7-26(31-24)30-22-4-1-2-5-22)34(27)18-23(20)21-15-29-33(17-21)9-8-32-10-12-36-13-11-32/h3,6-7,14-18,22,35H,1-2,4-5,8-13,19H2,(H,30,31). The first-order valence-electron chi connectivity index (χ1n) is 12.9. The number of aliphatic hydroxyl groups is 1. The molecule has 0 amide bonds. The van der Waals surface area contributed by atoms with E-state index in [-0.39, 0.29) is 6.61 Å². The van der Waals surface area contributed by atoms with Gasteiger partial charge in [-0.2, -0.15) is 5.10 Å². The van der Waals surface area contributed by atoms with Crippen LogP contribution in [0, 0.1) is 0 Å². The van der Waals surface area contributed by atoms with E-state index in [1.54, 1.807) is 0 Å². The third-order valence-corrected chi connectivity index (χ3v) is 7.32. The molecule has 0 unspecified atom stereocenters. The zero-order valence-corrected chi connectivity index (χ0v) is 20.5. The quantitative estimate of drug-likeness (QED) is 0.393. The van der Waals surface area contributed by atoms with Crippen molar-refractivity contribution in [3.63, 3.8) is 0 Å². The van der Waals surface area contributed by atoms with Crippen LogP contribution in [-0.4, -0.2) is 73.0 Å². The smallest absolute Gasteiger partial charge is 0.137 e. The fourth-order valence-corrected chi connectivity index (χ4v) is 5.27. The van der Waals surface area contributed by atoms with Crippen molar-refractivity contribution >= 4 is 11.5 Å². The van der Waals surface area contributed by atoms with Crippen molar-refractivity contribution in [2.45, 2.75) is 44.9 Å². The molecule has 9 nitrogen and oxygen atoms in total. The summed E-state index contributed by atoms with van der Waals surface area (Å²) in [5, 5.41) is 18.3. The Labute approximate surface area is 210 Å². The van der Waals surface area contributed by atoms with Crippen molar-refractivity contribution in [3.05, 3.63) is 54.6 Å². The molecule has 0 spiro atoms. The molecule has 188 valence electrons. The summed E-state index contributed by atoms with van der Waals surface area (Å²) in [6.45, 7) is 5.23. The molecule has 1 saturated carbocycles. The van der Waals surface area contributed by atoms with Crippen LogP contribution in [0.15, 0.2) is 49.1 Å². The molecule has 5 heterocycles. The van der Waals surface area contributed by atoms with Crippen molar-refractivity contribution in [2.75, 3.05) is 38.2 Å². The number of hydrogen-bond donors (Lipinski definition) is 2. The van der Waals surface area contributed by atoms with Gasteiger partial charge in [0, 0.05) is 49.2 Å². The van der Waals surface area contributed by atoms with Crippen LogP contribution in [0.5, 0.6) is 0 Å². The Morgan fingerprint density at radius 2 is 1.92 bits per heavy atom. The number of fused-ring (bicyclic) bond motifs is 1. The minimum absolute atomic E-state index is 0.0635. The van der Waals surface area contributed by atoms with Gasteiger partial charge in [0.25, 0.3) is 0 Å². The molecule has 1 aliphatic carbocycles. The first-order valence-corrected chi connectivity index (χ1v) is 12.9. The Bertz CT molecular complexity index is 1320. The van der Waals surface area contributed by atoms with E-state index in [4.69, 9.17) is 9.72 Å². The second-order valence-corrected chi connectivity index (χ2v) is 9.72. The van der Waals surface area contributed by atoms with Crippen molar-refractivity contribution < 1.29 is 9.84 Å². The predicted molar refractivity (Wildman–Crippen MR) is 139 cm³/mol. The number of nitrogens with one attached hydrogen (secondary N) is 1. The van der Waals surface area contributed by atoms with Gasteiger partial charge in [-0.25, -0.2) is 9.97 Å². The van der Waals surface area contributed by atoms with Gasteiger partial charge in [-0.1, -0.05) is 18.9 Å². The maximum absolute atomic E-state index is 10.1. The molecule has 0 atom stereocenters. The molecule has 1 saturated heterocycles. The molecule has 6 rings (SSSR count). The SMILES string of the molecule is OCc1cc2ncc(-c3cccc(NC4CCCC4)n3)n2cc1-c1cnn(CCN2CCOCC2)c1. The number of aromatic nitrogens is 5. The second kappa shape index (κ2) is 10.4. The number of morpholine rings is 1. The van der Waals surface area contributed by atoms with Crippen LogP contribution in [0.3, 0.4) is 0 Å². The van der Waals surface area contributed by atoms with Crippen molar-refractivity contribution in [2.24, 2.45) is 0 Å². The minimum atomic E-state index is -0.0635. The molecule has 2 N–H and O–H groups in total. The first kappa shape index (κ1) is 23.1. The van der Waals surface area contributed by atoms with Gasteiger partial charge in [0.1, 0.15) is 11.5 Å². The molecule has 2 aliphatic rings.